The third-order valence-electron chi connectivity index (χ3n) is 4.45. The summed E-state index contributed by atoms with van der Waals surface area (Å²) in [4.78, 5) is 6.96. The van der Waals surface area contributed by atoms with Crippen LogP contribution in [0.1, 0.15) is 43.2 Å². The van der Waals surface area contributed by atoms with Crippen LogP contribution < -0.4 is 9.47 Å². The fraction of sp³-hybridized carbons (Fsp3) is 0.500. The SMILES string of the molecule is COc1ccnc(CN2CCCCC[C@H]2c2ccco2)c1OC. The van der Waals surface area contributed by atoms with E-state index in [2.05, 4.69) is 16.0 Å². The van der Waals surface area contributed by atoms with Gasteiger partial charge in [0.15, 0.2) is 11.5 Å². The average molecular weight is 316 g/mol. The molecule has 0 saturated carbocycles. The molecule has 0 bridgehead atoms. The second kappa shape index (κ2) is 7.51. The number of methoxy groups -OCH3 is 2. The number of hydrogen-bond acceptors (Lipinski definition) is 5. The highest BCUT2D eigenvalue weighted by Gasteiger charge is 2.26. The van der Waals surface area contributed by atoms with E-state index in [1.54, 1.807) is 26.7 Å². The molecule has 3 rings (SSSR count). The van der Waals surface area contributed by atoms with Gasteiger partial charge in [0.2, 0.25) is 0 Å². The van der Waals surface area contributed by atoms with Gasteiger partial charge in [-0.1, -0.05) is 12.8 Å². The van der Waals surface area contributed by atoms with Crippen LogP contribution in [0.4, 0.5) is 0 Å². The lowest BCUT2D eigenvalue weighted by atomic mass is 10.1. The molecule has 1 aliphatic rings. The lowest BCUT2D eigenvalue weighted by Crippen LogP contribution is -2.28. The molecular weight excluding hydrogens is 292 g/mol. The van der Waals surface area contributed by atoms with Gasteiger partial charge in [-0.2, -0.15) is 0 Å². The largest absolute Gasteiger partial charge is 0.493 e. The summed E-state index contributed by atoms with van der Waals surface area (Å²) in [6, 6.07) is 6.15. The Morgan fingerprint density at radius 3 is 2.87 bits per heavy atom. The lowest BCUT2D eigenvalue weighted by Gasteiger charge is -2.28. The normalized spacial score (nSPS) is 19.3. The number of hydrogen-bond donors (Lipinski definition) is 0. The Kier molecular flexibility index (Phi) is 5.18. The first-order chi connectivity index (χ1) is 11.3. The van der Waals surface area contributed by atoms with Crippen LogP contribution in [0.2, 0.25) is 0 Å². The minimum atomic E-state index is 0.296. The average Bonchev–Trinajstić information content (AvgIpc) is 3.02. The molecular formula is C18H24N2O3. The van der Waals surface area contributed by atoms with E-state index in [-0.39, 0.29) is 0 Å². The second-order valence-electron chi connectivity index (χ2n) is 5.84. The van der Waals surface area contributed by atoms with Crippen molar-refractivity contribution in [3.05, 3.63) is 42.1 Å². The third-order valence-corrected chi connectivity index (χ3v) is 4.45. The number of likely N-dealkylation sites (tertiary alicyclic amines) is 1. The minimum absolute atomic E-state index is 0.296. The molecule has 23 heavy (non-hydrogen) atoms. The van der Waals surface area contributed by atoms with Crippen molar-refractivity contribution in [3.63, 3.8) is 0 Å². The number of furan rings is 1. The summed E-state index contributed by atoms with van der Waals surface area (Å²) < 4.78 is 16.6. The fourth-order valence-corrected chi connectivity index (χ4v) is 3.32. The zero-order valence-electron chi connectivity index (χ0n) is 13.8. The summed E-state index contributed by atoms with van der Waals surface area (Å²) in [6.07, 6.45) is 8.32. The molecule has 0 N–H and O–H groups in total. The highest BCUT2D eigenvalue weighted by atomic mass is 16.5. The Bertz CT molecular complexity index is 613. The summed E-state index contributed by atoms with van der Waals surface area (Å²) in [5.74, 6) is 2.48. The molecule has 5 heteroatoms. The molecule has 1 atom stereocenters. The van der Waals surface area contributed by atoms with Gasteiger partial charge in [-0.05, 0) is 31.5 Å². The van der Waals surface area contributed by atoms with Crippen LogP contribution in [0.3, 0.4) is 0 Å². The summed E-state index contributed by atoms with van der Waals surface area (Å²) in [6.45, 7) is 1.76. The number of pyridine rings is 1. The molecule has 2 aromatic heterocycles. The van der Waals surface area contributed by atoms with E-state index in [0.717, 1.165) is 42.5 Å². The van der Waals surface area contributed by atoms with Crippen LogP contribution in [0.5, 0.6) is 11.5 Å². The van der Waals surface area contributed by atoms with Crippen molar-refractivity contribution >= 4 is 0 Å². The number of ether oxygens (including phenoxy) is 2. The van der Waals surface area contributed by atoms with Crippen molar-refractivity contribution in [1.82, 2.24) is 9.88 Å². The molecule has 1 saturated heterocycles. The van der Waals surface area contributed by atoms with Crippen molar-refractivity contribution < 1.29 is 13.9 Å². The third kappa shape index (κ3) is 3.50. The predicted molar refractivity (Wildman–Crippen MR) is 87.7 cm³/mol. The smallest absolute Gasteiger partial charge is 0.183 e. The van der Waals surface area contributed by atoms with Crippen molar-refractivity contribution in [2.75, 3.05) is 20.8 Å². The van der Waals surface area contributed by atoms with Crippen LogP contribution in [-0.2, 0) is 6.54 Å². The van der Waals surface area contributed by atoms with Crippen molar-refractivity contribution in [3.8, 4) is 11.5 Å². The van der Waals surface area contributed by atoms with Gasteiger partial charge in [0.25, 0.3) is 0 Å². The van der Waals surface area contributed by atoms with Gasteiger partial charge >= 0.3 is 0 Å². The summed E-state index contributed by atoms with van der Waals surface area (Å²) in [5.41, 5.74) is 0.908. The van der Waals surface area contributed by atoms with E-state index in [9.17, 15) is 0 Å². The first kappa shape index (κ1) is 15.9. The molecule has 124 valence electrons. The van der Waals surface area contributed by atoms with E-state index in [1.807, 2.05) is 12.1 Å². The fourth-order valence-electron chi connectivity index (χ4n) is 3.32. The molecule has 0 radical (unpaired) electrons. The molecule has 0 amide bonds. The maximum absolute atomic E-state index is 5.68. The van der Waals surface area contributed by atoms with E-state index >= 15 is 0 Å². The van der Waals surface area contributed by atoms with Gasteiger partial charge in [-0.25, -0.2) is 0 Å². The molecule has 3 heterocycles. The zero-order chi connectivity index (χ0) is 16.1. The number of aromatic nitrogens is 1. The van der Waals surface area contributed by atoms with Crippen molar-refractivity contribution in [1.29, 1.82) is 0 Å². The van der Waals surface area contributed by atoms with Gasteiger partial charge in [0.05, 0.1) is 26.5 Å². The van der Waals surface area contributed by atoms with Crippen molar-refractivity contribution in [2.24, 2.45) is 0 Å². The van der Waals surface area contributed by atoms with Gasteiger partial charge < -0.3 is 13.9 Å². The van der Waals surface area contributed by atoms with E-state index in [4.69, 9.17) is 13.9 Å². The first-order valence-electron chi connectivity index (χ1n) is 8.16. The number of rotatable bonds is 5. The maximum atomic E-state index is 5.68. The van der Waals surface area contributed by atoms with Gasteiger partial charge in [0.1, 0.15) is 11.5 Å². The molecule has 1 fully saturated rings. The van der Waals surface area contributed by atoms with Gasteiger partial charge in [-0.3, -0.25) is 9.88 Å². The summed E-state index contributed by atoms with van der Waals surface area (Å²) in [5, 5.41) is 0. The Labute approximate surface area is 137 Å². The van der Waals surface area contributed by atoms with Crippen LogP contribution in [0, 0.1) is 0 Å². The van der Waals surface area contributed by atoms with Crippen molar-refractivity contribution in [2.45, 2.75) is 38.3 Å². The monoisotopic (exact) mass is 316 g/mol. The number of nitrogens with zero attached hydrogens (tertiary/aromatic N) is 2. The Hall–Kier alpha value is -2.01. The minimum Gasteiger partial charge on any atom is -0.493 e. The quantitative estimate of drug-likeness (QED) is 0.839. The zero-order valence-corrected chi connectivity index (χ0v) is 13.8. The standard InChI is InChI=1S/C18H24N2O3/c1-21-17-9-10-19-14(18(17)22-2)13-20-11-5-3-4-7-15(20)16-8-6-12-23-16/h6,8-10,12,15H,3-5,7,11,13H2,1-2H3/t15-/m0/s1. The lowest BCUT2D eigenvalue weighted by molar-refractivity contribution is 0.165. The molecule has 0 aliphatic carbocycles. The van der Waals surface area contributed by atoms with E-state index in [1.165, 1.54) is 19.3 Å². The maximum Gasteiger partial charge on any atom is 0.183 e. The van der Waals surface area contributed by atoms with Crippen LogP contribution in [-0.4, -0.2) is 30.6 Å². The molecule has 5 nitrogen and oxygen atoms in total. The van der Waals surface area contributed by atoms with Gasteiger partial charge in [0, 0.05) is 18.8 Å². The Morgan fingerprint density at radius 1 is 1.22 bits per heavy atom. The van der Waals surface area contributed by atoms with Gasteiger partial charge in [-0.15, -0.1) is 0 Å². The van der Waals surface area contributed by atoms with E-state index < -0.39 is 0 Å². The summed E-state index contributed by atoms with van der Waals surface area (Å²) >= 11 is 0. The highest BCUT2D eigenvalue weighted by molar-refractivity contribution is 5.42. The molecule has 0 aromatic carbocycles. The summed E-state index contributed by atoms with van der Waals surface area (Å²) in [7, 11) is 3.31. The molecule has 0 spiro atoms. The predicted octanol–water partition coefficient (Wildman–Crippen LogP) is 3.81. The molecule has 1 aliphatic heterocycles. The first-order valence-corrected chi connectivity index (χ1v) is 8.16. The van der Waals surface area contributed by atoms with Crippen LogP contribution in [0.25, 0.3) is 0 Å². The molecule has 0 unspecified atom stereocenters. The van der Waals surface area contributed by atoms with Crippen LogP contribution >= 0.6 is 0 Å². The second-order valence-corrected chi connectivity index (χ2v) is 5.84. The molecule has 2 aromatic rings. The van der Waals surface area contributed by atoms with Crippen LogP contribution in [0.15, 0.2) is 35.1 Å². The topological polar surface area (TPSA) is 47.7 Å². The highest BCUT2D eigenvalue weighted by Crippen LogP contribution is 2.35. The Balaban J connectivity index is 1.87. The Morgan fingerprint density at radius 2 is 2.13 bits per heavy atom. The van der Waals surface area contributed by atoms with E-state index in [0.29, 0.717) is 6.04 Å².